The number of fused-ring (bicyclic) bond motifs is 1. The zero-order valence-electron chi connectivity index (χ0n) is 17.2. The third-order valence-corrected chi connectivity index (χ3v) is 6.21. The predicted molar refractivity (Wildman–Crippen MR) is 116 cm³/mol. The highest BCUT2D eigenvalue weighted by molar-refractivity contribution is 5.78. The predicted octanol–water partition coefficient (Wildman–Crippen LogP) is 3.27. The van der Waals surface area contributed by atoms with Gasteiger partial charge < -0.3 is 15.3 Å². The van der Waals surface area contributed by atoms with Gasteiger partial charge in [-0.15, -0.1) is 0 Å². The summed E-state index contributed by atoms with van der Waals surface area (Å²) in [5, 5.41) is 13.2. The second-order valence-electron chi connectivity index (χ2n) is 8.28. The number of phenolic OH excluding ortho intramolecular Hbond substituents is 1. The quantitative estimate of drug-likeness (QED) is 0.819. The van der Waals surface area contributed by atoms with Crippen LogP contribution in [0.5, 0.6) is 5.75 Å². The molecule has 2 aromatic carbocycles. The molecule has 4 rings (SSSR count). The Labute approximate surface area is 173 Å². The van der Waals surface area contributed by atoms with Crippen molar-refractivity contribution in [2.24, 2.45) is 0 Å². The smallest absolute Gasteiger partial charge is 0.234 e. The molecule has 1 unspecified atom stereocenters. The second kappa shape index (κ2) is 8.87. The van der Waals surface area contributed by atoms with Gasteiger partial charge in [-0.05, 0) is 61.4 Å². The number of hydrogen-bond donors (Lipinski definition) is 2. The van der Waals surface area contributed by atoms with Gasteiger partial charge in [-0.3, -0.25) is 9.69 Å². The van der Waals surface area contributed by atoms with E-state index in [0.717, 1.165) is 38.3 Å². The van der Waals surface area contributed by atoms with E-state index < -0.39 is 0 Å². The highest BCUT2D eigenvalue weighted by atomic mass is 16.3. The summed E-state index contributed by atoms with van der Waals surface area (Å²) in [6.07, 6.45) is 4.90. The number of nitrogens with one attached hydrogen (secondary N) is 1. The number of carbonyl (C=O) groups is 1. The van der Waals surface area contributed by atoms with Gasteiger partial charge in [-0.2, -0.15) is 0 Å². The number of nitrogens with zero attached hydrogens (tertiary/aromatic N) is 2. The summed E-state index contributed by atoms with van der Waals surface area (Å²) in [5.74, 6) is 0.392. The Morgan fingerprint density at radius 3 is 2.52 bits per heavy atom. The zero-order valence-corrected chi connectivity index (χ0v) is 17.2. The van der Waals surface area contributed by atoms with Crippen LogP contribution in [0.1, 0.15) is 42.5 Å². The molecule has 0 aromatic heterocycles. The van der Waals surface area contributed by atoms with Gasteiger partial charge >= 0.3 is 0 Å². The lowest BCUT2D eigenvalue weighted by Crippen LogP contribution is -2.49. The van der Waals surface area contributed by atoms with Crippen molar-refractivity contribution < 1.29 is 9.90 Å². The van der Waals surface area contributed by atoms with Crippen LogP contribution in [0.2, 0.25) is 0 Å². The fourth-order valence-corrected chi connectivity index (χ4v) is 4.47. The molecule has 1 aliphatic heterocycles. The van der Waals surface area contributed by atoms with E-state index in [1.165, 1.54) is 36.0 Å². The molecule has 0 radical (unpaired) electrons. The van der Waals surface area contributed by atoms with E-state index in [-0.39, 0.29) is 11.9 Å². The Morgan fingerprint density at radius 1 is 1.03 bits per heavy atom. The molecule has 5 heteroatoms. The Bertz CT molecular complexity index is 859. The summed E-state index contributed by atoms with van der Waals surface area (Å²) in [5.41, 5.74) is 5.00. The Kier molecular flexibility index (Phi) is 6.05. The monoisotopic (exact) mass is 393 g/mol. The molecule has 2 aromatic rings. The number of piperazine rings is 1. The first-order chi connectivity index (χ1) is 14.1. The fourth-order valence-electron chi connectivity index (χ4n) is 4.47. The maximum atomic E-state index is 12.6. The number of hydrogen-bond acceptors (Lipinski definition) is 4. The van der Waals surface area contributed by atoms with E-state index in [1.54, 1.807) is 6.07 Å². The summed E-state index contributed by atoms with van der Waals surface area (Å²) in [4.78, 5) is 16.9. The minimum absolute atomic E-state index is 0.0253. The molecule has 1 fully saturated rings. The number of aromatic hydroxyl groups is 1. The summed E-state index contributed by atoms with van der Waals surface area (Å²) >= 11 is 0. The van der Waals surface area contributed by atoms with Crippen molar-refractivity contribution >= 4 is 11.6 Å². The van der Waals surface area contributed by atoms with Gasteiger partial charge in [0.1, 0.15) is 5.75 Å². The molecule has 154 valence electrons. The van der Waals surface area contributed by atoms with Gasteiger partial charge in [0, 0.05) is 26.2 Å². The molecule has 0 spiro atoms. The molecule has 1 saturated heterocycles. The minimum atomic E-state index is 0.0253. The molecule has 0 bridgehead atoms. The third-order valence-electron chi connectivity index (χ3n) is 6.21. The molecule has 29 heavy (non-hydrogen) atoms. The van der Waals surface area contributed by atoms with Crippen LogP contribution >= 0.6 is 0 Å². The topological polar surface area (TPSA) is 55.8 Å². The maximum absolute atomic E-state index is 12.6. The lowest BCUT2D eigenvalue weighted by molar-refractivity contribution is -0.123. The largest absolute Gasteiger partial charge is 0.506 e. The van der Waals surface area contributed by atoms with Crippen molar-refractivity contribution in [3.63, 3.8) is 0 Å². The molecule has 1 heterocycles. The number of phenols is 1. The van der Waals surface area contributed by atoms with Crippen LogP contribution in [0.3, 0.4) is 0 Å². The van der Waals surface area contributed by atoms with Crippen LogP contribution in [0.4, 0.5) is 5.69 Å². The summed E-state index contributed by atoms with van der Waals surface area (Å²) in [6.45, 7) is 5.74. The standard InChI is InChI=1S/C24H31N3O2/c1-18(20-11-10-19-6-2-3-7-21(19)16-20)25-24(29)17-26-12-14-27(15-13-26)22-8-4-5-9-23(22)28/h4-5,8-11,16,18,28H,2-3,6-7,12-15,17H2,1H3,(H,25,29). The van der Waals surface area contributed by atoms with Crippen LogP contribution in [0.25, 0.3) is 0 Å². The molecular formula is C24H31N3O2. The van der Waals surface area contributed by atoms with E-state index in [2.05, 4.69) is 40.2 Å². The molecule has 1 aliphatic carbocycles. The molecular weight excluding hydrogens is 362 g/mol. The lowest BCUT2D eigenvalue weighted by atomic mass is 9.89. The first-order valence-corrected chi connectivity index (χ1v) is 10.8. The summed E-state index contributed by atoms with van der Waals surface area (Å²) in [6, 6.07) is 14.2. The molecule has 5 nitrogen and oxygen atoms in total. The SMILES string of the molecule is CC(NC(=O)CN1CCN(c2ccccc2O)CC1)c1ccc2c(c1)CCCC2. The van der Waals surface area contributed by atoms with Crippen LogP contribution in [0, 0.1) is 0 Å². The normalized spacial score (nSPS) is 18.2. The second-order valence-corrected chi connectivity index (χ2v) is 8.28. The number of aryl methyl sites for hydroxylation is 2. The fraction of sp³-hybridized carbons (Fsp3) is 0.458. The Balaban J connectivity index is 1.27. The van der Waals surface area contributed by atoms with Crippen molar-refractivity contribution in [2.75, 3.05) is 37.6 Å². The van der Waals surface area contributed by atoms with E-state index in [9.17, 15) is 9.90 Å². The van der Waals surface area contributed by atoms with Gasteiger partial charge in [0.2, 0.25) is 5.91 Å². The highest BCUT2D eigenvalue weighted by Gasteiger charge is 2.21. The average Bonchev–Trinajstić information content (AvgIpc) is 2.74. The van der Waals surface area contributed by atoms with Crippen molar-refractivity contribution in [2.45, 2.75) is 38.6 Å². The highest BCUT2D eigenvalue weighted by Crippen LogP contribution is 2.27. The van der Waals surface area contributed by atoms with Crippen molar-refractivity contribution in [3.05, 3.63) is 59.2 Å². The Hall–Kier alpha value is -2.53. The van der Waals surface area contributed by atoms with E-state index in [4.69, 9.17) is 0 Å². The van der Waals surface area contributed by atoms with Crippen LogP contribution in [-0.4, -0.2) is 48.6 Å². The van der Waals surface area contributed by atoms with E-state index in [0.29, 0.717) is 12.3 Å². The van der Waals surface area contributed by atoms with E-state index in [1.807, 2.05) is 18.2 Å². The number of carbonyl (C=O) groups excluding carboxylic acids is 1. The Morgan fingerprint density at radius 2 is 1.76 bits per heavy atom. The lowest BCUT2D eigenvalue weighted by Gasteiger charge is -2.36. The molecule has 1 amide bonds. The van der Waals surface area contributed by atoms with Gasteiger partial charge in [0.15, 0.2) is 0 Å². The first kappa shape index (κ1) is 19.8. The van der Waals surface area contributed by atoms with Gasteiger partial charge in [-0.1, -0.05) is 30.3 Å². The summed E-state index contributed by atoms with van der Waals surface area (Å²) in [7, 11) is 0. The van der Waals surface area contributed by atoms with Gasteiger partial charge in [-0.25, -0.2) is 0 Å². The number of para-hydroxylation sites is 2. The minimum Gasteiger partial charge on any atom is -0.506 e. The first-order valence-electron chi connectivity index (χ1n) is 10.8. The molecule has 2 N–H and O–H groups in total. The van der Waals surface area contributed by atoms with Crippen LogP contribution in [-0.2, 0) is 17.6 Å². The number of rotatable bonds is 5. The molecule has 1 atom stereocenters. The molecule has 2 aliphatic rings. The number of anilines is 1. The van der Waals surface area contributed by atoms with Crippen LogP contribution in [0.15, 0.2) is 42.5 Å². The van der Waals surface area contributed by atoms with E-state index >= 15 is 0 Å². The van der Waals surface area contributed by atoms with Gasteiger partial charge in [0.25, 0.3) is 0 Å². The summed E-state index contributed by atoms with van der Waals surface area (Å²) < 4.78 is 0. The number of amides is 1. The maximum Gasteiger partial charge on any atom is 0.234 e. The number of benzene rings is 2. The zero-order chi connectivity index (χ0) is 20.2. The molecule has 0 saturated carbocycles. The van der Waals surface area contributed by atoms with Crippen molar-refractivity contribution in [1.82, 2.24) is 10.2 Å². The average molecular weight is 394 g/mol. The van der Waals surface area contributed by atoms with Gasteiger partial charge in [0.05, 0.1) is 18.3 Å². The van der Waals surface area contributed by atoms with Crippen LogP contribution < -0.4 is 10.2 Å². The van der Waals surface area contributed by atoms with Crippen molar-refractivity contribution in [3.8, 4) is 5.75 Å². The van der Waals surface area contributed by atoms with Crippen molar-refractivity contribution in [1.29, 1.82) is 0 Å². The third kappa shape index (κ3) is 4.73.